The van der Waals surface area contributed by atoms with E-state index in [2.05, 4.69) is 22.0 Å². The molecule has 37 heavy (non-hydrogen) atoms. The highest BCUT2D eigenvalue weighted by molar-refractivity contribution is 5.86. The fourth-order valence-electron chi connectivity index (χ4n) is 4.84. The molecule has 1 aromatic heterocycles. The van der Waals surface area contributed by atoms with Crippen LogP contribution in [0.1, 0.15) is 45.4 Å². The molecular weight excluding hydrogens is 470 g/mol. The standard InChI is InChI=1S/C28H39N5O4/c1-4-5-14-33(28(35)21-8-6-9-21)20-27(34)32-16-7-15-31(17-18-32)26-13-12-24(29-30-26)23-11-10-22(36-2)19-25(23)37-3/h10-13,19,21H,4-9,14-18,20H2,1-3H3. The van der Waals surface area contributed by atoms with Crippen LogP contribution in [-0.2, 0) is 9.59 Å². The first kappa shape index (κ1) is 26.7. The molecule has 1 aromatic carbocycles. The van der Waals surface area contributed by atoms with Crippen molar-refractivity contribution in [3.8, 4) is 22.8 Å². The molecule has 2 heterocycles. The molecule has 200 valence electrons. The Labute approximate surface area is 219 Å². The Morgan fingerprint density at radius 2 is 1.84 bits per heavy atom. The van der Waals surface area contributed by atoms with Gasteiger partial charge in [0.1, 0.15) is 11.5 Å². The fraction of sp³-hybridized carbons (Fsp3) is 0.571. The third kappa shape index (κ3) is 6.50. The number of hydrogen-bond acceptors (Lipinski definition) is 7. The molecule has 1 aliphatic heterocycles. The molecule has 4 rings (SSSR count). The van der Waals surface area contributed by atoms with Crippen LogP contribution in [0.2, 0.25) is 0 Å². The number of nitrogens with zero attached hydrogens (tertiary/aromatic N) is 5. The van der Waals surface area contributed by atoms with E-state index < -0.39 is 0 Å². The summed E-state index contributed by atoms with van der Waals surface area (Å²) in [6, 6.07) is 9.52. The number of benzene rings is 1. The van der Waals surface area contributed by atoms with E-state index in [0.717, 1.165) is 67.9 Å². The van der Waals surface area contributed by atoms with Crippen LogP contribution in [0, 0.1) is 5.92 Å². The third-order valence-electron chi connectivity index (χ3n) is 7.38. The second kappa shape index (κ2) is 12.7. The Bertz CT molecular complexity index is 1060. The van der Waals surface area contributed by atoms with E-state index in [1.54, 1.807) is 19.1 Å². The highest BCUT2D eigenvalue weighted by Crippen LogP contribution is 2.32. The van der Waals surface area contributed by atoms with E-state index in [9.17, 15) is 9.59 Å². The second-order valence-electron chi connectivity index (χ2n) is 9.81. The van der Waals surface area contributed by atoms with Crippen molar-refractivity contribution in [1.82, 2.24) is 20.0 Å². The Kier molecular flexibility index (Phi) is 9.19. The lowest BCUT2D eigenvalue weighted by molar-refractivity contribution is -0.144. The molecule has 0 unspecified atom stereocenters. The molecule has 2 aliphatic rings. The topological polar surface area (TPSA) is 88.1 Å². The molecule has 1 aliphatic carbocycles. The summed E-state index contributed by atoms with van der Waals surface area (Å²) in [6.45, 7) is 5.73. The molecule has 9 nitrogen and oxygen atoms in total. The molecule has 1 saturated carbocycles. The Balaban J connectivity index is 1.37. The molecule has 0 atom stereocenters. The maximum Gasteiger partial charge on any atom is 0.242 e. The Morgan fingerprint density at radius 3 is 2.49 bits per heavy atom. The number of carbonyl (C=O) groups excluding carboxylic acids is 2. The van der Waals surface area contributed by atoms with Gasteiger partial charge in [-0.1, -0.05) is 19.8 Å². The smallest absolute Gasteiger partial charge is 0.242 e. The predicted octanol–water partition coefficient (Wildman–Crippen LogP) is 3.63. The summed E-state index contributed by atoms with van der Waals surface area (Å²) < 4.78 is 10.8. The number of amides is 2. The number of methoxy groups -OCH3 is 2. The largest absolute Gasteiger partial charge is 0.497 e. The van der Waals surface area contributed by atoms with Gasteiger partial charge in [0, 0.05) is 50.3 Å². The van der Waals surface area contributed by atoms with Gasteiger partial charge in [-0.15, -0.1) is 10.2 Å². The van der Waals surface area contributed by atoms with Gasteiger partial charge in [-0.2, -0.15) is 0 Å². The van der Waals surface area contributed by atoms with Gasteiger partial charge in [0.25, 0.3) is 0 Å². The van der Waals surface area contributed by atoms with Gasteiger partial charge in [0.05, 0.1) is 26.5 Å². The number of ether oxygens (including phenoxy) is 2. The molecule has 0 bridgehead atoms. The fourth-order valence-corrected chi connectivity index (χ4v) is 4.84. The third-order valence-corrected chi connectivity index (χ3v) is 7.38. The normalized spacial score (nSPS) is 16.1. The molecule has 0 spiro atoms. The van der Waals surface area contributed by atoms with Crippen LogP contribution in [0.5, 0.6) is 11.5 Å². The molecule has 9 heteroatoms. The summed E-state index contributed by atoms with van der Waals surface area (Å²) in [5, 5.41) is 8.93. The lowest BCUT2D eigenvalue weighted by atomic mass is 9.84. The van der Waals surface area contributed by atoms with Gasteiger partial charge in [-0.05, 0) is 49.9 Å². The van der Waals surface area contributed by atoms with Crippen LogP contribution in [0.3, 0.4) is 0 Å². The molecule has 2 fully saturated rings. The summed E-state index contributed by atoms with van der Waals surface area (Å²) in [4.78, 5) is 31.9. The summed E-state index contributed by atoms with van der Waals surface area (Å²) in [5.74, 6) is 2.50. The van der Waals surface area contributed by atoms with E-state index in [1.165, 1.54) is 0 Å². The van der Waals surface area contributed by atoms with Crippen molar-refractivity contribution in [3.63, 3.8) is 0 Å². The van der Waals surface area contributed by atoms with E-state index in [0.29, 0.717) is 31.9 Å². The summed E-state index contributed by atoms with van der Waals surface area (Å²) in [5.41, 5.74) is 1.57. The zero-order valence-electron chi connectivity index (χ0n) is 22.3. The molecular formula is C28H39N5O4. The van der Waals surface area contributed by atoms with Crippen molar-refractivity contribution < 1.29 is 19.1 Å². The molecule has 2 aromatic rings. The average molecular weight is 510 g/mol. The number of unbranched alkanes of at least 4 members (excludes halogenated alkanes) is 1. The SMILES string of the molecule is CCCCN(CC(=O)N1CCCN(c2ccc(-c3ccc(OC)cc3OC)nn2)CC1)C(=O)C1CCC1. The number of anilines is 1. The lowest BCUT2D eigenvalue weighted by Crippen LogP contribution is -2.47. The Morgan fingerprint density at radius 1 is 1.00 bits per heavy atom. The first-order chi connectivity index (χ1) is 18.0. The molecule has 0 radical (unpaired) electrons. The number of hydrogen-bond donors (Lipinski definition) is 0. The molecule has 2 amide bonds. The van der Waals surface area contributed by atoms with Crippen molar-refractivity contribution in [3.05, 3.63) is 30.3 Å². The molecule has 0 N–H and O–H groups in total. The van der Waals surface area contributed by atoms with Crippen molar-refractivity contribution in [2.75, 3.05) is 58.4 Å². The number of rotatable bonds is 10. The quantitative estimate of drug-likeness (QED) is 0.483. The van der Waals surface area contributed by atoms with Gasteiger partial charge in [0.15, 0.2) is 5.82 Å². The van der Waals surface area contributed by atoms with Crippen LogP contribution >= 0.6 is 0 Å². The maximum atomic E-state index is 13.2. The number of aromatic nitrogens is 2. The Hall–Kier alpha value is -3.36. The van der Waals surface area contributed by atoms with Crippen LogP contribution in [0.4, 0.5) is 5.82 Å². The van der Waals surface area contributed by atoms with Crippen molar-refractivity contribution in [2.24, 2.45) is 5.92 Å². The van der Waals surface area contributed by atoms with E-state index >= 15 is 0 Å². The highest BCUT2D eigenvalue weighted by Gasteiger charge is 2.31. The van der Waals surface area contributed by atoms with Gasteiger partial charge in [-0.25, -0.2) is 0 Å². The van der Waals surface area contributed by atoms with E-state index in [-0.39, 0.29) is 24.3 Å². The average Bonchev–Trinajstić information content (AvgIpc) is 3.16. The summed E-state index contributed by atoms with van der Waals surface area (Å²) in [6.07, 6.45) is 5.81. The first-order valence-electron chi connectivity index (χ1n) is 13.4. The van der Waals surface area contributed by atoms with Crippen LogP contribution in [0.25, 0.3) is 11.3 Å². The first-order valence-corrected chi connectivity index (χ1v) is 13.4. The van der Waals surface area contributed by atoms with Crippen molar-refractivity contribution >= 4 is 17.6 Å². The van der Waals surface area contributed by atoms with E-state index in [4.69, 9.17) is 9.47 Å². The monoisotopic (exact) mass is 509 g/mol. The summed E-state index contributed by atoms with van der Waals surface area (Å²) >= 11 is 0. The van der Waals surface area contributed by atoms with Crippen LogP contribution < -0.4 is 14.4 Å². The van der Waals surface area contributed by atoms with Gasteiger partial charge >= 0.3 is 0 Å². The van der Waals surface area contributed by atoms with Gasteiger partial charge in [0.2, 0.25) is 11.8 Å². The molecule has 1 saturated heterocycles. The van der Waals surface area contributed by atoms with Gasteiger partial charge < -0.3 is 24.2 Å². The minimum Gasteiger partial charge on any atom is -0.497 e. The highest BCUT2D eigenvalue weighted by atomic mass is 16.5. The minimum absolute atomic E-state index is 0.0404. The zero-order chi connectivity index (χ0) is 26.2. The zero-order valence-corrected chi connectivity index (χ0v) is 22.3. The summed E-state index contributed by atoms with van der Waals surface area (Å²) in [7, 11) is 3.24. The van der Waals surface area contributed by atoms with E-state index in [1.807, 2.05) is 35.2 Å². The van der Waals surface area contributed by atoms with Gasteiger partial charge in [-0.3, -0.25) is 9.59 Å². The van der Waals surface area contributed by atoms with Crippen molar-refractivity contribution in [1.29, 1.82) is 0 Å². The lowest BCUT2D eigenvalue weighted by Gasteiger charge is -2.32. The number of carbonyl (C=O) groups is 2. The van der Waals surface area contributed by atoms with Crippen LogP contribution in [0.15, 0.2) is 30.3 Å². The predicted molar refractivity (Wildman–Crippen MR) is 143 cm³/mol. The second-order valence-corrected chi connectivity index (χ2v) is 9.81. The van der Waals surface area contributed by atoms with Crippen LogP contribution in [-0.4, -0.2) is 85.3 Å². The maximum absolute atomic E-state index is 13.2. The minimum atomic E-state index is 0.0404. The van der Waals surface area contributed by atoms with Crippen molar-refractivity contribution in [2.45, 2.75) is 45.4 Å².